The van der Waals surface area contributed by atoms with Crippen molar-refractivity contribution in [2.75, 3.05) is 26.2 Å². The molecule has 1 N–H and O–H groups in total. The number of hydrogen-bond acceptors (Lipinski definition) is 5. The lowest BCUT2D eigenvalue weighted by Gasteiger charge is -2.33. The van der Waals surface area contributed by atoms with Crippen LogP contribution in [0.3, 0.4) is 0 Å². The molecule has 7 nitrogen and oxygen atoms in total. The molecule has 3 rings (SSSR count). The van der Waals surface area contributed by atoms with Crippen LogP contribution in [0.15, 0.2) is 53.0 Å². The number of benzene rings is 1. The van der Waals surface area contributed by atoms with Gasteiger partial charge in [0.25, 0.3) is 5.91 Å². The number of carbonyl (C=O) groups is 1. The third-order valence-corrected chi connectivity index (χ3v) is 5.81. The summed E-state index contributed by atoms with van der Waals surface area (Å²) in [5.74, 6) is 0.515. The molecule has 1 saturated heterocycles. The lowest BCUT2D eigenvalue weighted by Crippen LogP contribution is -2.52. The summed E-state index contributed by atoms with van der Waals surface area (Å²) >= 11 is 0. The summed E-state index contributed by atoms with van der Waals surface area (Å²) in [5.41, 5.74) is 1.19. The second kappa shape index (κ2) is 8.51. The van der Waals surface area contributed by atoms with Gasteiger partial charge in [-0.25, -0.2) is 4.72 Å². The minimum absolute atomic E-state index is 0.344. The zero-order valence-corrected chi connectivity index (χ0v) is 16.0. The summed E-state index contributed by atoms with van der Waals surface area (Å²) in [5, 5.41) is 0. The van der Waals surface area contributed by atoms with E-state index < -0.39 is 16.1 Å². The molecule has 1 aromatic carbocycles. The highest BCUT2D eigenvalue weighted by molar-refractivity contribution is 7.87. The van der Waals surface area contributed by atoms with Gasteiger partial charge in [0.2, 0.25) is 0 Å². The van der Waals surface area contributed by atoms with E-state index in [1.165, 1.54) is 15.9 Å². The molecule has 2 aromatic rings. The van der Waals surface area contributed by atoms with Crippen LogP contribution in [0.5, 0.6) is 0 Å². The van der Waals surface area contributed by atoms with Crippen molar-refractivity contribution in [2.24, 2.45) is 0 Å². The molecule has 144 valence electrons. The van der Waals surface area contributed by atoms with Crippen LogP contribution >= 0.6 is 0 Å². The van der Waals surface area contributed by atoms with Crippen LogP contribution in [0.25, 0.3) is 6.08 Å². The summed E-state index contributed by atoms with van der Waals surface area (Å²) < 4.78 is 33.5. The average molecular weight is 389 g/mol. The van der Waals surface area contributed by atoms with Gasteiger partial charge in [0.1, 0.15) is 11.5 Å². The fourth-order valence-corrected chi connectivity index (χ4v) is 3.99. The molecule has 0 unspecified atom stereocenters. The highest BCUT2D eigenvalue weighted by atomic mass is 32.2. The Morgan fingerprint density at radius 3 is 2.44 bits per heavy atom. The summed E-state index contributed by atoms with van der Waals surface area (Å²) in [6.07, 6.45) is 2.59. The first-order chi connectivity index (χ1) is 12.9. The number of nitrogens with zero attached hydrogens (tertiary/aromatic N) is 2. The van der Waals surface area contributed by atoms with Gasteiger partial charge in [-0.2, -0.15) is 12.7 Å². The topological polar surface area (TPSA) is 82.9 Å². The fourth-order valence-electron chi connectivity index (χ4n) is 2.90. The quantitative estimate of drug-likeness (QED) is 0.762. The zero-order valence-electron chi connectivity index (χ0n) is 15.2. The van der Waals surface area contributed by atoms with Crippen molar-refractivity contribution in [3.8, 4) is 0 Å². The molecule has 1 aliphatic rings. The Kier molecular flexibility index (Phi) is 6.10. The largest absolute Gasteiger partial charge is 0.462 e. The monoisotopic (exact) mass is 389 g/mol. The SMILES string of the molecule is Cc1ccc(/C=C/C(=O)NS(=O)(=O)N2CCN(Cc3ccccc3)CC2)o1. The molecular formula is C19H23N3O4S. The maximum Gasteiger partial charge on any atom is 0.304 e. The van der Waals surface area contributed by atoms with Crippen molar-refractivity contribution in [3.63, 3.8) is 0 Å². The van der Waals surface area contributed by atoms with E-state index in [2.05, 4.69) is 21.8 Å². The van der Waals surface area contributed by atoms with Crippen LogP contribution in [-0.4, -0.2) is 49.7 Å². The van der Waals surface area contributed by atoms with E-state index in [9.17, 15) is 13.2 Å². The number of rotatable bonds is 6. The molecule has 0 bridgehead atoms. The maximum atomic E-state index is 12.4. The lowest BCUT2D eigenvalue weighted by atomic mass is 10.2. The molecule has 1 aliphatic heterocycles. The highest BCUT2D eigenvalue weighted by Gasteiger charge is 2.27. The van der Waals surface area contributed by atoms with Gasteiger partial charge in [-0.15, -0.1) is 0 Å². The summed E-state index contributed by atoms with van der Waals surface area (Å²) in [6, 6.07) is 13.5. The molecule has 0 saturated carbocycles. The number of furan rings is 1. The van der Waals surface area contributed by atoms with Gasteiger partial charge in [-0.05, 0) is 30.7 Å². The Balaban J connectivity index is 1.50. The Bertz CT molecular complexity index is 898. The van der Waals surface area contributed by atoms with Crippen LogP contribution in [0.2, 0.25) is 0 Å². The molecule has 27 heavy (non-hydrogen) atoms. The smallest absolute Gasteiger partial charge is 0.304 e. The first-order valence-corrected chi connectivity index (χ1v) is 10.2. The zero-order chi connectivity index (χ0) is 19.3. The molecule has 1 amide bonds. The van der Waals surface area contributed by atoms with Gasteiger partial charge in [0.15, 0.2) is 0 Å². The van der Waals surface area contributed by atoms with Crippen molar-refractivity contribution in [2.45, 2.75) is 13.5 Å². The van der Waals surface area contributed by atoms with Crippen molar-refractivity contribution in [3.05, 3.63) is 65.6 Å². The Labute approximate surface area is 159 Å². The van der Waals surface area contributed by atoms with E-state index in [0.29, 0.717) is 31.9 Å². The average Bonchev–Trinajstić information content (AvgIpc) is 3.06. The predicted molar refractivity (Wildman–Crippen MR) is 103 cm³/mol. The minimum atomic E-state index is -3.85. The second-order valence-electron chi connectivity index (χ2n) is 6.41. The van der Waals surface area contributed by atoms with Crippen LogP contribution in [0.4, 0.5) is 0 Å². The van der Waals surface area contributed by atoms with Crippen molar-refractivity contribution in [1.82, 2.24) is 13.9 Å². The fraction of sp³-hybridized carbons (Fsp3) is 0.316. The van der Waals surface area contributed by atoms with Crippen molar-refractivity contribution in [1.29, 1.82) is 0 Å². The number of amides is 1. The predicted octanol–water partition coefficient (Wildman–Crippen LogP) is 1.78. The molecule has 0 radical (unpaired) electrons. The highest BCUT2D eigenvalue weighted by Crippen LogP contribution is 2.11. The number of hydrogen-bond donors (Lipinski definition) is 1. The minimum Gasteiger partial charge on any atom is -0.462 e. The van der Waals surface area contributed by atoms with Gasteiger partial charge in [0, 0.05) is 38.8 Å². The van der Waals surface area contributed by atoms with Crippen molar-refractivity contribution >= 4 is 22.2 Å². The molecule has 0 atom stereocenters. The number of nitrogens with one attached hydrogen (secondary N) is 1. The van der Waals surface area contributed by atoms with E-state index in [1.807, 2.05) is 18.2 Å². The molecule has 1 fully saturated rings. The van der Waals surface area contributed by atoms with E-state index >= 15 is 0 Å². The van der Waals surface area contributed by atoms with Gasteiger partial charge in [-0.1, -0.05) is 30.3 Å². The molecule has 1 aromatic heterocycles. The van der Waals surface area contributed by atoms with E-state index in [-0.39, 0.29) is 0 Å². The standard InChI is InChI=1S/C19H23N3O4S/c1-16-7-8-18(26-16)9-10-19(23)20-27(24,25)22-13-11-21(12-14-22)15-17-5-3-2-4-6-17/h2-10H,11-15H2,1H3,(H,20,23)/b10-9+. The number of aryl methyl sites for hydroxylation is 1. The summed E-state index contributed by atoms with van der Waals surface area (Å²) in [6.45, 7) is 4.50. The van der Waals surface area contributed by atoms with E-state index in [0.717, 1.165) is 18.4 Å². The lowest BCUT2D eigenvalue weighted by molar-refractivity contribution is -0.114. The second-order valence-corrected chi connectivity index (χ2v) is 8.08. The van der Waals surface area contributed by atoms with Gasteiger partial charge in [0.05, 0.1) is 0 Å². The summed E-state index contributed by atoms with van der Waals surface area (Å²) in [7, 11) is -3.85. The maximum absolute atomic E-state index is 12.4. The summed E-state index contributed by atoms with van der Waals surface area (Å²) in [4.78, 5) is 14.1. The Morgan fingerprint density at radius 2 is 1.81 bits per heavy atom. The van der Waals surface area contributed by atoms with Crippen LogP contribution in [-0.2, 0) is 21.5 Å². The van der Waals surface area contributed by atoms with E-state index in [1.54, 1.807) is 19.1 Å². The first kappa shape index (κ1) is 19.3. The van der Waals surface area contributed by atoms with Gasteiger partial charge < -0.3 is 4.42 Å². The molecular weight excluding hydrogens is 366 g/mol. The molecule has 0 aliphatic carbocycles. The molecule has 0 spiro atoms. The van der Waals surface area contributed by atoms with Crippen LogP contribution in [0.1, 0.15) is 17.1 Å². The van der Waals surface area contributed by atoms with Gasteiger partial charge in [-0.3, -0.25) is 9.69 Å². The van der Waals surface area contributed by atoms with E-state index in [4.69, 9.17) is 4.42 Å². The van der Waals surface area contributed by atoms with Gasteiger partial charge >= 0.3 is 10.2 Å². The molecule has 8 heteroatoms. The van der Waals surface area contributed by atoms with Crippen LogP contribution in [0, 0.1) is 6.92 Å². The number of piperazine rings is 1. The first-order valence-electron chi connectivity index (χ1n) is 8.75. The third kappa shape index (κ3) is 5.53. The van der Waals surface area contributed by atoms with Crippen molar-refractivity contribution < 1.29 is 17.6 Å². The molecule has 2 heterocycles. The Hall–Kier alpha value is -2.42. The third-order valence-electron chi connectivity index (χ3n) is 4.31. The number of carbonyl (C=O) groups excluding carboxylic acids is 1. The Morgan fingerprint density at radius 1 is 1.11 bits per heavy atom. The normalized spacial score (nSPS) is 16.6. The van der Waals surface area contributed by atoms with Crippen LogP contribution < -0.4 is 4.72 Å².